The second kappa shape index (κ2) is 5.31. The van der Waals surface area contributed by atoms with Gasteiger partial charge in [-0.05, 0) is 12.1 Å². The third-order valence-corrected chi connectivity index (χ3v) is 4.73. The highest BCUT2D eigenvalue weighted by Crippen LogP contribution is 2.44. The molecule has 1 N–H and O–H groups in total. The molecule has 0 spiro atoms. The van der Waals surface area contributed by atoms with E-state index in [1.807, 2.05) is 23.6 Å². The number of anilines is 1. The number of halogens is 1. The van der Waals surface area contributed by atoms with Crippen LogP contribution >= 0.6 is 22.9 Å². The van der Waals surface area contributed by atoms with Crippen molar-refractivity contribution in [2.45, 2.75) is 25.8 Å². The molecule has 1 aromatic carbocycles. The quantitative estimate of drug-likeness (QED) is 0.914. The Kier molecular flexibility index (Phi) is 3.63. The van der Waals surface area contributed by atoms with Gasteiger partial charge in [0.05, 0.1) is 12.2 Å². The molecule has 3 rings (SSSR count). The van der Waals surface area contributed by atoms with Crippen LogP contribution in [0.25, 0.3) is 0 Å². The normalized spacial score (nSPS) is 15.9. The number of urea groups is 1. The summed E-state index contributed by atoms with van der Waals surface area (Å²) in [4.78, 5) is 18.4. The van der Waals surface area contributed by atoms with E-state index in [9.17, 15) is 4.79 Å². The number of carbonyl (C=O) groups is 1. The molecule has 21 heavy (non-hydrogen) atoms. The van der Waals surface area contributed by atoms with Crippen molar-refractivity contribution in [2.75, 3.05) is 11.4 Å². The molecule has 0 unspecified atom stereocenters. The van der Waals surface area contributed by atoms with E-state index in [1.54, 1.807) is 11.1 Å². The van der Waals surface area contributed by atoms with E-state index in [1.165, 1.54) is 11.3 Å². The molecule has 0 fully saturated rings. The van der Waals surface area contributed by atoms with Crippen LogP contribution < -0.4 is 10.2 Å². The molecule has 0 aliphatic carbocycles. The molecular weight excluding hydrogens is 306 g/mol. The first kappa shape index (κ1) is 14.4. The monoisotopic (exact) mass is 321 g/mol. The van der Waals surface area contributed by atoms with Gasteiger partial charge in [-0.15, -0.1) is 11.3 Å². The maximum Gasteiger partial charge on any atom is 0.322 e. The summed E-state index contributed by atoms with van der Waals surface area (Å²) < 4.78 is 0. The number of carbonyl (C=O) groups excluding carboxylic acids is 1. The molecule has 0 radical (unpaired) electrons. The summed E-state index contributed by atoms with van der Waals surface area (Å²) >= 11 is 7.85. The number of aromatic nitrogens is 1. The molecule has 0 saturated carbocycles. The molecule has 6 heteroatoms. The van der Waals surface area contributed by atoms with Crippen molar-refractivity contribution in [1.29, 1.82) is 0 Å². The molecule has 2 heterocycles. The van der Waals surface area contributed by atoms with Crippen molar-refractivity contribution in [3.8, 4) is 0 Å². The first-order chi connectivity index (χ1) is 9.99. The van der Waals surface area contributed by atoms with Gasteiger partial charge in [-0.2, -0.15) is 0 Å². The summed E-state index contributed by atoms with van der Waals surface area (Å²) in [5.74, 6) is 0. The van der Waals surface area contributed by atoms with Crippen LogP contribution in [0.2, 0.25) is 5.02 Å². The standard InChI is InChI=1S/C15H16ClN3OS/c1-15(2)9-19(11-5-3-4-10(16)13(11)15)14(20)18-8-12-17-6-7-21-12/h3-7H,8-9H2,1-2H3,(H,18,20). The van der Waals surface area contributed by atoms with Crippen LogP contribution in [0, 0.1) is 0 Å². The Bertz CT molecular complexity index is 670. The number of thiazole rings is 1. The van der Waals surface area contributed by atoms with Gasteiger partial charge in [-0.1, -0.05) is 31.5 Å². The molecule has 0 bridgehead atoms. The minimum atomic E-state index is -0.147. The largest absolute Gasteiger partial charge is 0.331 e. The summed E-state index contributed by atoms with van der Waals surface area (Å²) in [6.07, 6.45) is 1.74. The number of benzene rings is 1. The topological polar surface area (TPSA) is 45.2 Å². The summed E-state index contributed by atoms with van der Waals surface area (Å²) in [5.41, 5.74) is 1.78. The van der Waals surface area contributed by atoms with E-state index in [0.29, 0.717) is 18.1 Å². The van der Waals surface area contributed by atoms with Crippen LogP contribution in [-0.4, -0.2) is 17.6 Å². The Balaban J connectivity index is 1.81. The third-order valence-electron chi connectivity index (χ3n) is 3.63. The van der Waals surface area contributed by atoms with Gasteiger partial charge in [0.2, 0.25) is 0 Å². The van der Waals surface area contributed by atoms with Crippen molar-refractivity contribution in [3.63, 3.8) is 0 Å². The zero-order valence-corrected chi connectivity index (χ0v) is 13.5. The van der Waals surface area contributed by atoms with Gasteiger partial charge >= 0.3 is 6.03 Å². The molecule has 1 aliphatic rings. The summed E-state index contributed by atoms with van der Waals surface area (Å²) in [7, 11) is 0. The highest BCUT2D eigenvalue weighted by molar-refractivity contribution is 7.09. The first-order valence-electron chi connectivity index (χ1n) is 6.72. The lowest BCUT2D eigenvalue weighted by Gasteiger charge is -2.21. The van der Waals surface area contributed by atoms with Gasteiger partial charge in [-0.3, -0.25) is 4.90 Å². The molecule has 110 valence electrons. The van der Waals surface area contributed by atoms with Crippen LogP contribution in [-0.2, 0) is 12.0 Å². The number of hydrogen-bond donors (Lipinski definition) is 1. The van der Waals surface area contributed by atoms with E-state index in [-0.39, 0.29) is 11.4 Å². The van der Waals surface area contributed by atoms with Gasteiger partial charge < -0.3 is 5.32 Å². The van der Waals surface area contributed by atoms with Gasteiger partial charge in [-0.25, -0.2) is 9.78 Å². The predicted molar refractivity (Wildman–Crippen MR) is 86.2 cm³/mol. The smallest absolute Gasteiger partial charge is 0.322 e. The second-order valence-electron chi connectivity index (χ2n) is 5.69. The van der Waals surface area contributed by atoms with Gasteiger partial charge in [0.25, 0.3) is 0 Å². The molecular formula is C15H16ClN3OS. The molecule has 0 saturated heterocycles. The van der Waals surface area contributed by atoms with Crippen molar-refractivity contribution in [3.05, 3.63) is 45.4 Å². The van der Waals surface area contributed by atoms with Crippen molar-refractivity contribution in [2.24, 2.45) is 0 Å². The minimum absolute atomic E-state index is 0.112. The maximum atomic E-state index is 12.5. The van der Waals surface area contributed by atoms with Crippen LogP contribution in [0.5, 0.6) is 0 Å². The Hall–Kier alpha value is -1.59. The average molecular weight is 322 g/mol. The fourth-order valence-corrected chi connectivity index (χ4v) is 3.72. The average Bonchev–Trinajstić information content (AvgIpc) is 3.03. The Morgan fingerprint density at radius 2 is 2.33 bits per heavy atom. The van der Waals surface area contributed by atoms with Crippen LogP contribution in [0.1, 0.15) is 24.4 Å². The summed E-state index contributed by atoms with van der Waals surface area (Å²) in [6.45, 7) is 5.27. The fourth-order valence-electron chi connectivity index (χ4n) is 2.74. The van der Waals surface area contributed by atoms with Gasteiger partial charge in [0, 0.05) is 34.1 Å². The van der Waals surface area contributed by atoms with E-state index in [2.05, 4.69) is 24.1 Å². The number of rotatable bonds is 2. The molecule has 1 aliphatic heterocycles. The Labute approximate surface area is 132 Å². The van der Waals surface area contributed by atoms with Gasteiger partial charge in [0.15, 0.2) is 0 Å². The number of hydrogen-bond acceptors (Lipinski definition) is 3. The Morgan fingerprint density at radius 1 is 1.52 bits per heavy atom. The highest BCUT2D eigenvalue weighted by Gasteiger charge is 2.39. The first-order valence-corrected chi connectivity index (χ1v) is 7.97. The molecule has 2 aromatic rings. The zero-order chi connectivity index (χ0) is 15.0. The van der Waals surface area contributed by atoms with E-state index in [0.717, 1.165) is 16.3 Å². The van der Waals surface area contributed by atoms with Crippen LogP contribution in [0.3, 0.4) is 0 Å². The summed E-state index contributed by atoms with van der Waals surface area (Å²) in [6, 6.07) is 5.58. The van der Waals surface area contributed by atoms with Crippen LogP contribution in [0.15, 0.2) is 29.8 Å². The van der Waals surface area contributed by atoms with Crippen molar-refractivity contribution < 1.29 is 4.79 Å². The third kappa shape index (κ3) is 2.63. The number of nitrogens with one attached hydrogen (secondary N) is 1. The predicted octanol–water partition coefficient (Wildman–Crippen LogP) is 3.80. The molecule has 4 nitrogen and oxygen atoms in total. The summed E-state index contributed by atoms with van der Waals surface area (Å²) in [5, 5.41) is 6.43. The molecule has 2 amide bonds. The zero-order valence-electron chi connectivity index (χ0n) is 11.9. The molecule has 1 aromatic heterocycles. The van der Waals surface area contributed by atoms with Crippen molar-refractivity contribution >= 4 is 34.7 Å². The van der Waals surface area contributed by atoms with E-state index < -0.39 is 0 Å². The SMILES string of the molecule is CC1(C)CN(C(=O)NCc2nccs2)c2cccc(Cl)c21. The lowest BCUT2D eigenvalue weighted by molar-refractivity contribution is 0.245. The maximum absolute atomic E-state index is 12.5. The highest BCUT2D eigenvalue weighted by atomic mass is 35.5. The van der Waals surface area contributed by atoms with Gasteiger partial charge in [0.1, 0.15) is 5.01 Å². The lowest BCUT2D eigenvalue weighted by Crippen LogP contribution is -2.41. The van der Waals surface area contributed by atoms with Crippen molar-refractivity contribution in [1.82, 2.24) is 10.3 Å². The number of nitrogens with zero attached hydrogens (tertiary/aromatic N) is 2. The van der Waals surface area contributed by atoms with E-state index >= 15 is 0 Å². The van der Waals surface area contributed by atoms with E-state index in [4.69, 9.17) is 11.6 Å². The number of fused-ring (bicyclic) bond motifs is 1. The minimum Gasteiger partial charge on any atom is -0.331 e. The Morgan fingerprint density at radius 3 is 3.05 bits per heavy atom. The molecule has 0 atom stereocenters. The van der Waals surface area contributed by atoms with Crippen LogP contribution in [0.4, 0.5) is 10.5 Å². The fraction of sp³-hybridized carbons (Fsp3) is 0.333. The number of amides is 2. The lowest BCUT2D eigenvalue weighted by atomic mass is 9.87. The second-order valence-corrected chi connectivity index (χ2v) is 7.07.